The second-order valence-corrected chi connectivity index (χ2v) is 8.93. The normalized spacial score (nSPS) is 14.1. The van der Waals surface area contributed by atoms with Gasteiger partial charge >= 0.3 is 0 Å². The van der Waals surface area contributed by atoms with Crippen LogP contribution in [0, 0.1) is 6.92 Å². The van der Waals surface area contributed by atoms with Crippen LogP contribution in [0.5, 0.6) is 0 Å². The van der Waals surface area contributed by atoms with Crippen LogP contribution in [-0.2, 0) is 11.3 Å². The van der Waals surface area contributed by atoms with Crippen molar-refractivity contribution in [1.82, 2.24) is 19.4 Å². The molecule has 168 valence electrons. The van der Waals surface area contributed by atoms with Crippen molar-refractivity contribution in [3.05, 3.63) is 76.7 Å². The maximum absolute atomic E-state index is 13.2. The molecule has 0 radical (unpaired) electrons. The zero-order chi connectivity index (χ0) is 22.9. The van der Waals surface area contributed by atoms with Crippen LogP contribution in [0.25, 0.3) is 20.7 Å². The van der Waals surface area contributed by atoms with Gasteiger partial charge in [0.05, 0.1) is 18.0 Å². The minimum Gasteiger partial charge on any atom is -0.459 e. The number of thiophene rings is 1. The summed E-state index contributed by atoms with van der Waals surface area (Å²) in [5.74, 6) is -0.0543. The minimum absolute atomic E-state index is 0.0795. The van der Waals surface area contributed by atoms with Crippen LogP contribution in [-0.4, -0.2) is 57.3 Å². The number of piperazine rings is 1. The van der Waals surface area contributed by atoms with Crippen molar-refractivity contribution in [3.63, 3.8) is 0 Å². The number of amides is 2. The first-order valence-corrected chi connectivity index (χ1v) is 11.5. The Morgan fingerprint density at radius 1 is 1.03 bits per heavy atom. The van der Waals surface area contributed by atoms with Crippen molar-refractivity contribution in [1.29, 1.82) is 0 Å². The molecule has 1 aliphatic heterocycles. The van der Waals surface area contributed by atoms with E-state index in [0.29, 0.717) is 42.2 Å². The van der Waals surface area contributed by atoms with E-state index in [1.54, 1.807) is 21.9 Å². The van der Waals surface area contributed by atoms with E-state index in [1.165, 1.54) is 28.5 Å². The fraction of sp³-hybridized carbons (Fsp3) is 0.250. The molecular formula is C24H22N4O4S. The molecule has 3 aromatic heterocycles. The van der Waals surface area contributed by atoms with Crippen LogP contribution >= 0.6 is 11.3 Å². The average molecular weight is 463 g/mol. The number of rotatable bonds is 4. The summed E-state index contributed by atoms with van der Waals surface area (Å²) >= 11 is 1.48. The number of carbonyl (C=O) groups is 2. The van der Waals surface area contributed by atoms with Crippen LogP contribution in [0.4, 0.5) is 0 Å². The molecular weight excluding hydrogens is 440 g/mol. The molecule has 8 nitrogen and oxygen atoms in total. The van der Waals surface area contributed by atoms with Crippen LogP contribution in [0.3, 0.4) is 0 Å². The smallest absolute Gasteiger partial charge is 0.289 e. The minimum atomic E-state index is -0.212. The zero-order valence-electron chi connectivity index (χ0n) is 18.1. The van der Waals surface area contributed by atoms with E-state index in [9.17, 15) is 14.4 Å². The lowest BCUT2D eigenvalue weighted by atomic mass is 10.1. The Labute approximate surface area is 193 Å². The van der Waals surface area contributed by atoms with Gasteiger partial charge in [0.15, 0.2) is 5.76 Å². The Kier molecular flexibility index (Phi) is 5.55. The molecule has 9 heteroatoms. The highest BCUT2D eigenvalue weighted by Crippen LogP contribution is 2.35. The number of furan rings is 1. The highest BCUT2D eigenvalue weighted by atomic mass is 32.1. The Bertz CT molecular complexity index is 1370. The molecule has 4 heterocycles. The lowest BCUT2D eigenvalue weighted by molar-refractivity contribution is -0.133. The summed E-state index contributed by atoms with van der Waals surface area (Å²) in [7, 11) is 0. The van der Waals surface area contributed by atoms with E-state index >= 15 is 0 Å². The van der Waals surface area contributed by atoms with Gasteiger partial charge in [0.2, 0.25) is 5.91 Å². The molecule has 0 aliphatic carbocycles. The van der Waals surface area contributed by atoms with Crippen molar-refractivity contribution >= 4 is 33.4 Å². The van der Waals surface area contributed by atoms with Crippen molar-refractivity contribution < 1.29 is 14.0 Å². The van der Waals surface area contributed by atoms with E-state index in [-0.39, 0.29) is 23.9 Å². The molecule has 0 saturated carbocycles. The number of benzene rings is 1. The number of hydrogen-bond donors (Lipinski definition) is 0. The third-order valence-corrected chi connectivity index (χ3v) is 7.16. The topological polar surface area (TPSA) is 88.7 Å². The Morgan fingerprint density at radius 3 is 2.45 bits per heavy atom. The number of carbonyl (C=O) groups excluding carboxylic acids is 2. The molecule has 0 atom stereocenters. The standard InChI is InChI=1S/C24H22N4O4S/c1-16-20-22(33-21(16)17-6-3-2-4-7-17)25-15-28(24(20)31)14-19(29)26-9-11-27(12-10-26)23(30)18-8-5-13-32-18/h2-8,13,15H,9-12,14H2,1H3. The molecule has 4 aromatic rings. The summed E-state index contributed by atoms with van der Waals surface area (Å²) in [6.45, 7) is 3.50. The summed E-state index contributed by atoms with van der Waals surface area (Å²) in [5, 5.41) is 0.558. The summed E-state index contributed by atoms with van der Waals surface area (Å²) < 4.78 is 6.55. The Morgan fingerprint density at radius 2 is 1.76 bits per heavy atom. The van der Waals surface area contributed by atoms with Crippen molar-refractivity contribution in [2.75, 3.05) is 26.2 Å². The van der Waals surface area contributed by atoms with Gasteiger partial charge in [-0.05, 0) is 30.2 Å². The Balaban J connectivity index is 1.31. The van der Waals surface area contributed by atoms with Gasteiger partial charge in [0, 0.05) is 31.1 Å². The van der Waals surface area contributed by atoms with Gasteiger partial charge in [-0.25, -0.2) is 4.98 Å². The number of hydrogen-bond acceptors (Lipinski definition) is 6. The molecule has 2 amide bonds. The third-order valence-electron chi connectivity index (χ3n) is 5.91. The molecule has 1 aromatic carbocycles. The highest BCUT2D eigenvalue weighted by molar-refractivity contribution is 7.22. The monoisotopic (exact) mass is 462 g/mol. The van der Waals surface area contributed by atoms with E-state index in [0.717, 1.165) is 16.0 Å². The first-order valence-electron chi connectivity index (χ1n) is 10.7. The summed E-state index contributed by atoms with van der Waals surface area (Å²) in [5.41, 5.74) is 1.71. The van der Waals surface area contributed by atoms with E-state index in [2.05, 4.69) is 4.98 Å². The largest absolute Gasteiger partial charge is 0.459 e. The van der Waals surface area contributed by atoms with Gasteiger partial charge in [0.1, 0.15) is 11.4 Å². The van der Waals surface area contributed by atoms with E-state index in [1.807, 2.05) is 37.3 Å². The van der Waals surface area contributed by atoms with Gasteiger partial charge in [-0.2, -0.15) is 0 Å². The molecule has 1 saturated heterocycles. The molecule has 0 spiro atoms. The average Bonchev–Trinajstić information content (AvgIpc) is 3.50. The second-order valence-electron chi connectivity index (χ2n) is 7.93. The lowest BCUT2D eigenvalue weighted by Crippen LogP contribution is -2.51. The fourth-order valence-electron chi connectivity index (χ4n) is 4.10. The third kappa shape index (κ3) is 3.95. The second kappa shape index (κ2) is 8.67. The molecule has 1 aliphatic rings. The molecule has 0 bridgehead atoms. The van der Waals surface area contributed by atoms with Gasteiger partial charge in [-0.3, -0.25) is 19.0 Å². The van der Waals surface area contributed by atoms with E-state index in [4.69, 9.17) is 4.42 Å². The first kappa shape index (κ1) is 21.1. The van der Waals surface area contributed by atoms with Crippen molar-refractivity contribution in [3.8, 4) is 10.4 Å². The number of aromatic nitrogens is 2. The fourth-order valence-corrected chi connectivity index (χ4v) is 5.24. The van der Waals surface area contributed by atoms with Crippen LogP contribution < -0.4 is 5.56 Å². The highest BCUT2D eigenvalue weighted by Gasteiger charge is 2.26. The SMILES string of the molecule is Cc1c(-c2ccccc2)sc2ncn(CC(=O)N3CCN(C(=O)c4ccco4)CC3)c(=O)c12. The predicted octanol–water partition coefficient (Wildman–Crippen LogP) is 3.01. The van der Waals surface area contributed by atoms with Crippen molar-refractivity contribution in [2.24, 2.45) is 0 Å². The summed E-state index contributed by atoms with van der Waals surface area (Å²) in [6.07, 6.45) is 2.91. The summed E-state index contributed by atoms with van der Waals surface area (Å²) in [6, 6.07) is 13.2. The quantitative estimate of drug-likeness (QED) is 0.465. The number of aryl methyl sites for hydroxylation is 1. The maximum atomic E-state index is 13.2. The molecule has 1 fully saturated rings. The molecule has 0 unspecified atom stereocenters. The lowest BCUT2D eigenvalue weighted by Gasteiger charge is -2.34. The molecule has 33 heavy (non-hydrogen) atoms. The van der Waals surface area contributed by atoms with Crippen LogP contribution in [0.15, 0.2) is 64.3 Å². The maximum Gasteiger partial charge on any atom is 0.289 e. The molecule has 5 rings (SSSR count). The number of fused-ring (bicyclic) bond motifs is 1. The van der Waals surface area contributed by atoms with Gasteiger partial charge < -0.3 is 14.2 Å². The van der Waals surface area contributed by atoms with Gasteiger partial charge in [0.25, 0.3) is 11.5 Å². The van der Waals surface area contributed by atoms with Crippen LogP contribution in [0.1, 0.15) is 16.1 Å². The predicted molar refractivity (Wildman–Crippen MR) is 125 cm³/mol. The van der Waals surface area contributed by atoms with Crippen LogP contribution in [0.2, 0.25) is 0 Å². The van der Waals surface area contributed by atoms with Gasteiger partial charge in [-0.1, -0.05) is 30.3 Å². The first-order chi connectivity index (χ1) is 16.0. The number of nitrogens with zero attached hydrogens (tertiary/aromatic N) is 4. The Hall–Kier alpha value is -3.72. The van der Waals surface area contributed by atoms with Crippen molar-refractivity contribution in [2.45, 2.75) is 13.5 Å². The molecule has 0 N–H and O–H groups in total. The zero-order valence-corrected chi connectivity index (χ0v) is 18.9. The van der Waals surface area contributed by atoms with E-state index < -0.39 is 0 Å². The summed E-state index contributed by atoms with van der Waals surface area (Å²) in [4.78, 5) is 48.0. The van der Waals surface area contributed by atoms with Gasteiger partial charge in [-0.15, -0.1) is 11.3 Å².